The average molecular weight is 474 g/mol. The van der Waals surface area contributed by atoms with Gasteiger partial charge in [0.15, 0.2) is 11.5 Å². The highest BCUT2D eigenvalue weighted by Crippen LogP contribution is 2.49. The van der Waals surface area contributed by atoms with Gasteiger partial charge in [0.1, 0.15) is 5.75 Å². The molecule has 0 unspecified atom stereocenters. The quantitative estimate of drug-likeness (QED) is 0.420. The summed E-state index contributed by atoms with van der Waals surface area (Å²) < 4.78 is 17.3. The van der Waals surface area contributed by atoms with Gasteiger partial charge in [-0.25, -0.2) is 5.01 Å². The molecule has 0 spiro atoms. The molecule has 0 fully saturated rings. The molecule has 0 N–H and O–H groups in total. The van der Waals surface area contributed by atoms with E-state index in [0.29, 0.717) is 21.5 Å². The van der Waals surface area contributed by atoms with Crippen LogP contribution in [0.25, 0.3) is 0 Å². The second kappa shape index (κ2) is 7.23. The first-order chi connectivity index (χ1) is 15.1. The smallest absolute Gasteiger partial charge is 0.231 e. The molecular weight excluding hydrogens is 459 g/mol. The predicted molar refractivity (Wildman–Crippen MR) is 120 cm³/mol. The van der Waals surface area contributed by atoms with Gasteiger partial charge >= 0.3 is 0 Å². The summed E-state index contributed by atoms with van der Waals surface area (Å²) in [7, 11) is 0. The molecule has 0 amide bonds. The molecule has 2 atom stereocenters. The number of hydrogen-bond donors (Lipinski definition) is 0. The van der Waals surface area contributed by atoms with E-state index in [-0.39, 0.29) is 12.8 Å². The zero-order valence-corrected chi connectivity index (χ0v) is 18.3. The van der Waals surface area contributed by atoms with E-state index in [9.17, 15) is 0 Å². The molecule has 0 saturated heterocycles. The van der Waals surface area contributed by atoms with E-state index in [4.69, 9.17) is 54.1 Å². The Kier molecular flexibility index (Phi) is 4.46. The number of nitrogens with zero attached hydrogens (tertiary/aromatic N) is 2. The number of hydrazone groups is 1. The summed E-state index contributed by atoms with van der Waals surface area (Å²) in [5.74, 6) is 2.25. The summed E-state index contributed by atoms with van der Waals surface area (Å²) in [6.45, 7) is 0.235. The van der Waals surface area contributed by atoms with Gasteiger partial charge in [0.25, 0.3) is 0 Å². The van der Waals surface area contributed by atoms with Crippen LogP contribution in [-0.4, -0.2) is 17.5 Å². The van der Waals surface area contributed by atoms with E-state index in [2.05, 4.69) is 0 Å². The number of ether oxygens (including phenoxy) is 3. The predicted octanol–water partition coefficient (Wildman–Crippen LogP) is 6.62. The minimum atomic E-state index is -0.444. The van der Waals surface area contributed by atoms with E-state index in [1.165, 1.54) is 0 Å². The van der Waals surface area contributed by atoms with Crippen molar-refractivity contribution in [3.63, 3.8) is 0 Å². The third-order valence-corrected chi connectivity index (χ3v) is 6.66. The lowest BCUT2D eigenvalue weighted by atomic mass is 9.95. The number of benzene rings is 3. The van der Waals surface area contributed by atoms with Crippen LogP contribution in [0.15, 0.2) is 59.7 Å². The highest BCUT2D eigenvalue weighted by Gasteiger charge is 2.41. The van der Waals surface area contributed by atoms with Crippen LogP contribution in [0.4, 0.5) is 0 Å². The Morgan fingerprint density at radius 3 is 2.55 bits per heavy atom. The maximum absolute atomic E-state index is 6.35. The van der Waals surface area contributed by atoms with E-state index in [0.717, 1.165) is 39.7 Å². The van der Waals surface area contributed by atoms with E-state index in [1.807, 2.05) is 53.5 Å². The van der Waals surface area contributed by atoms with Gasteiger partial charge in [-0.1, -0.05) is 40.9 Å². The Morgan fingerprint density at radius 2 is 1.68 bits per heavy atom. The first kappa shape index (κ1) is 19.1. The highest BCUT2D eigenvalue weighted by atomic mass is 35.5. The Bertz CT molecular complexity index is 1250. The van der Waals surface area contributed by atoms with Crippen LogP contribution in [0.2, 0.25) is 15.1 Å². The van der Waals surface area contributed by atoms with Gasteiger partial charge in [0.05, 0.1) is 21.8 Å². The third kappa shape index (κ3) is 3.19. The molecular formula is C23H15Cl3N2O3. The first-order valence-electron chi connectivity index (χ1n) is 9.74. The maximum atomic E-state index is 6.35. The Labute approximate surface area is 193 Å². The molecule has 3 aromatic rings. The van der Waals surface area contributed by atoms with E-state index >= 15 is 0 Å². The molecule has 3 aliphatic rings. The molecule has 3 aliphatic heterocycles. The molecule has 6 rings (SSSR count). The lowest BCUT2D eigenvalue weighted by Crippen LogP contribution is -2.33. The third-order valence-electron chi connectivity index (χ3n) is 5.69. The number of hydrogen-bond acceptors (Lipinski definition) is 5. The Balaban J connectivity index is 1.44. The summed E-state index contributed by atoms with van der Waals surface area (Å²) >= 11 is 18.7. The summed E-state index contributed by atoms with van der Waals surface area (Å²) in [5.41, 5.74) is 3.79. The van der Waals surface area contributed by atoms with Gasteiger partial charge < -0.3 is 14.2 Å². The monoisotopic (exact) mass is 472 g/mol. The molecule has 0 bridgehead atoms. The van der Waals surface area contributed by atoms with Gasteiger partial charge in [-0.2, -0.15) is 5.10 Å². The van der Waals surface area contributed by atoms with E-state index < -0.39 is 6.23 Å². The first-order valence-corrected chi connectivity index (χ1v) is 10.9. The van der Waals surface area contributed by atoms with E-state index in [1.54, 1.807) is 6.07 Å². The summed E-state index contributed by atoms with van der Waals surface area (Å²) in [4.78, 5) is 0. The SMILES string of the molecule is Clc1ccc2c(c1)[C@@H]1CC(c3ccc4c(c3)OCO4)=NN1[C@@H](c1ccc(Cl)c(Cl)c1)O2. The van der Waals surface area contributed by atoms with Crippen LogP contribution in [-0.2, 0) is 0 Å². The van der Waals surface area contributed by atoms with Crippen molar-refractivity contribution in [3.8, 4) is 17.2 Å². The summed E-state index contributed by atoms with van der Waals surface area (Å²) in [5, 5.41) is 8.55. The van der Waals surface area contributed by atoms with Crippen molar-refractivity contribution in [3.05, 3.63) is 86.4 Å². The normalized spacial score (nSPS) is 20.7. The van der Waals surface area contributed by atoms with Crippen LogP contribution < -0.4 is 14.2 Å². The number of halogens is 3. The van der Waals surface area contributed by atoms with Crippen LogP contribution in [0.5, 0.6) is 17.2 Å². The van der Waals surface area contributed by atoms with Crippen LogP contribution in [0.3, 0.4) is 0 Å². The molecule has 0 aromatic heterocycles. The Hall–Kier alpha value is -2.60. The van der Waals surface area contributed by atoms with Crippen molar-refractivity contribution in [2.24, 2.45) is 5.10 Å². The van der Waals surface area contributed by atoms with Crippen molar-refractivity contribution in [1.29, 1.82) is 0 Å². The minimum Gasteiger partial charge on any atom is -0.464 e. The van der Waals surface area contributed by atoms with Crippen molar-refractivity contribution in [2.45, 2.75) is 18.7 Å². The average Bonchev–Trinajstić information content (AvgIpc) is 3.42. The Morgan fingerprint density at radius 1 is 0.839 bits per heavy atom. The van der Waals surface area contributed by atoms with Crippen LogP contribution >= 0.6 is 34.8 Å². The molecule has 3 heterocycles. The van der Waals surface area contributed by atoms with Crippen LogP contribution in [0, 0.1) is 0 Å². The van der Waals surface area contributed by atoms with Gasteiger partial charge in [-0.3, -0.25) is 0 Å². The lowest BCUT2D eigenvalue weighted by Gasteiger charge is -2.38. The summed E-state index contributed by atoms with van der Waals surface area (Å²) in [6, 6.07) is 17.0. The minimum absolute atomic E-state index is 0.0256. The maximum Gasteiger partial charge on any atom is 0.231 e. The molecule has 8 heteroatoms. The zero-order valence-electron chi connectivity index (χ0n) is 16.0. The fraction of sp³-hybridized carbons (Fsp3) is 0.174. The summed E-state index contributed by atoms with van der Waals surface area (Å²) in [6.07, 6.45) is 0.258. The molecule has 31 heavy (non-hydrogen) atoms. The lowest BCUT2D eigenvalue weighted by molar-refractivity contribution is -0.0190. The van der Waals surface area contributed by atoms with Crippen molar-refractivity contribution in [1.82, 2.24) is 5.01 Å². The van der Waals surface area contributed by atoms with Crippen molar-refractivity contribution in [2.75, 3.05) is 6.79 Å². The topological polar surface area (TPSA) is 43.3 Å². The molecule has 0 saturated carbocycles. The highest BCUT2D eigenvalue weighted by molar-refractivity contribution is 6.42. The van der Waals surface area contributed by atoms with Gasteiger partial charge in [-0.15, -0.1) is 0 Å². The zero-order chi connectivity index (χ0) is 21.1. The fourth-order valence-electron chi connectivity index (χ4n) is 4.19. The van der Waals surface area contributed by atoms with Crippen molar-refractivity contribution >= 4 is 40.5 Å². The molecule has 0 aliphatic carbocycles. The van der Waals surface area contributed by atoms with Crippen LogP contribution in [0.1, 0.15) is 35.4 Å². The standard InChI is InChI=1S/C23H15Cl3N2O3/c24-14-3-6-20-15(9-14)19-10-18(12-2-5-21-22(8-12)30-11-29-21)27-28(19)23(31-20)13-1-4-16(25)17(26)7-13/h1-9,19,23H,10-11H2/t19-,23+/m0/s1. The molecule has 3 aromatic carbocycles. The largest absolute Gasteiger partial charge is 0.464 e. The number of fused-ring (bicyclic) bond motifs is 4. The second-order valence-electron chi connectivity index (χ2n) is 7.54. The van der Waals surface area contributed by atoms with Gasteiger partial charge in [0.2, 0.25) is 13.0 Å². The molecule has 0 radical (unpaired) electrons. The van der Waals surface area contributed by atoms with Crippen molar-refractivity contribution < 1.29 is 14.2 Å². The number of rotatable bonds is 2. The van der Waals surface area contributed by atoms with Gasteiger partial charge in [-0.05, 0) is 48.5 Å². The van der Waals surface area contributed by atoms with Gasteiger partial charge in [0, 0.05) is 28.1 Å². The fourth-order valence-corrected chi connectivity index (χ4v) is 4.68. The molecule has 156 valence electrons. The molecule has 5 nitrogen and oxygen atoms in total. The second-order valence-corrected chi connectivity index (χ2v) is 8.79.